The van der Waals surface area contributed by atoms with E-state index in [1.165, 1.54) is 14.1 Å². The topological polar surface area (TPSA) is 61.8 Å². The number of hydrazone groups is 1. The molecule has 0 rings (SSSR count). The van der Waals surface area contributed by atoms with Crippen molar-refractivity contribution in [3.8, 4) is 0 Å². The fourth-order valence-electron chi connectivity index (χ4n) is 0.128. The number of hydroxylamine groups is 1. The number of hydrogen-bond acceptors (Lipinski definition) is 4. The summed E-state index contributed by atoms with van der Waals surface area (Å²) in [6.07, 6.45) is 0. The molecule has 8 heavy (non-hydrogen) atoms. The maximum atomic E-state index is 8.79. The minimum Gasteiger partial charge on any atom is -0.168 e. The van der Waals surface area contributed by atoms with E-state index >= 15 is 0 Å². The van der Waals surface area contributed by atoms with Gasteiger partial charge >= 0.3 is 0 Å². The van der Waals surface area contributed by atoms with Crippen LogP contribution >= 0.6 is 0 Å². The third-order valence-electron chi connectivity index (χ3n) is 0.791. The van der Waals surface area contributed by atoms with Crippen molar-refractivity contribution in [2.24, 2.45) is 10.9 Å². The van der Waals surface area contributed by atoms with E-state index in [2.05, 4.69) is 11.8 Å². The van der Waals surface area contributed by atoms with E-state index in [-0.39, 0.29) is 0 Å². The van der Waals surface area contributed by atoms with E-state index in [4.69, 9.17) is 11.0 Å². The molecule has 0 aliphatic rings. The van der Waals surface area contributed by atoms with Crippen LogP contribution in [-0.4, -0.2) is 36.0 Å². The summed E-state index contributed by atoms with van der Waals surface area (Å²) in [5.41, 5.74) is 0. The molecule has 0 spiro atoms. The molecule has 5 heteroatoms. The molecule has 0 amide bonds. The van der Waals surface area contributed by atoms with E-state index in [1.807, 2.05) is 0 Å². The van der Waals surface area contributed by atoms with Gasteiger partial charge in [-0.15, -0.1) is 10.9 Å². The molecule has 5 nitrogen and oxygen atoms in total. The minimum atomic E-state index is -0.816. The molecule has 1 atom stereocenters. The van der Waals surface area contributed by atoms with Crippen LogP contribution in [0.2, 0.25) is 0 Å². The van der Waals surface area contributed by atoms with Crippen LogP contribution < -0.4 is 5.84 Å². The second-order valence-electron chi connectivity index (χ2n) is 1.61. The SMILES string of the molecule is C=NN(C)[N+](C)(N)O. The molecule has 0 fully saturated rings. The van der Waals surface area contributed by atoms with Crippen molar-refractivity contribution in [1.29, 1.82) is 0 Å². The van der Waals surface area contributed by atoms with Crippen LogP contribution in [0.25, 0.3) is 0 Å². The lowest BCUT2D eigenvalue weighted by Crippen LogP contribution is -2.56. The Bertz CT molecular complexity index is 85.8. The maximum Gasteiger partial charge on any atom is 0.145 e. The molecule has 1 unspecified atom stereocenters. The van der Waals surface area contributed by atoms with Gasteiger partial charge in [0, 0.05) is 6.72 Å². The van der Waals surface area contributed by atoms with Gasteiger partial charge in [0.25, 0.3) is 0 Å². The van der Waals surface area contributed by atoms with Crippen LogP contribution in [-0.2, 0) is 0 Å². The maximum absolute atomic E-state index is 8.79. The average molecular weight is 119 g/mol. The van der Waals surface area contributed by atoms with E-state index in [0.717, 1.165) is 5.12 Å². The van der Waals surface area contributed by atoms with Crippen molar-refractivity contribution in [2.75, 3.05) is 14.1 Å². The number of rotatable bonds is 2. The Kier molecular flexibility index (Phi) is 1.91. The standard InChI is InChI=1S/C3H11N4O/c1-5-6(2)7(3,4)8/h8H,1,4H2,2-3H3/q+1. The molecule has 0 aliphatic heterocycles. The normalized spacial score (nSPS) is 17.0. The summed E-state index contributed by atoms with van der Waals surface area (Å²) in [5, 5.41) is 13.2. The second-order valence-corrected chi connectivity index (χ2v) is 1.61. The highest BCUT2D eigenvalue weighted by atomic mass is 16.6. The Balaban J connectivity index is 3.80. The van der Waals surface area contributed by atoms with Crippen molar-refractivity contribution in [3.05, 3.63) is 0 Å². The van der Waals surface area contributed by atoms with E-state index in [9.17, 15) is 0 Å². The van der Waals surface area contributed by atoms with Gasteiger partial charge in [0.1, 0.15) is 7.05 Å². The fourth-order valence-corrected chi connectivity index (χ4v) is 0.128. The largest absolute Gasteiger partial charge is 0.168 e. The van der Waals surface area contributed by atoms with Crippen molar-refractivity contribution in [1.82, 2.24) is 5.12 Å². The highest BCUT2D eigenvalue weighted by Crippen LogP contribution is 1.89. The van der Waals surface area contributed by atoms with Gasteiger partial charge in [-0.25, -0.2) is 0 Å². The minimum absolute atomic E-state index is 0.816. The predicted octanol–water partition coefficient (Wildman–Crippen LogP) is -0.842. The van der Waals surface area contributed by atoms with E-state index in [0.29, 0.717) is 0 Å². The zero-order valence-electron chi connectivity index (χ0n) is 5.07. The van der Waals surface area contributed by atoms with Gasteiger partial charge in [-0.3, -0.25) is 0 Å². The van der Waals surface area contributed by atoms with E-state index < -0.39 is 4.86 Å². The lowest BCUT2D eigenvalue weighted by molar-refractivity contribution is -1.18. The Morgan fingerprint density at radius 3 is 2.25 bits per heavy atom. The molecule has 0 aromatic heterocycles. The van der Waals surface area contributed by atoms with Gasteiger partial charge in [0.2, 0.25) is 0 Å². The first kappa shape index (κ1) is 7.35. The van der Waals surface area contributed by atoms with Crippen molar-refractivity contribution < 1.29 is 10.1 Å². The Morgan fingerprint density at radius 2 is 2.25 bits per heavy atom. The molecule has 0 aliphatic carbocycles. The monoisotopic (exact) mass is 119 g/mol. The molecular weight excluding hydrogens is 108 g/mol. The summed E-state index contributed by atoms with van der Waals surface area (Å²) < 4.78 is 0. The van der Waals surface area contributed by atoms with Gasteiger partial charge in [-0.05, 0) is 4.86 Å². The first-order valence-electron chi connectivity index (χ1n) is 2.07. The van der Waals surface area contributed by atoms with Crippen molar-refractivity contribution >= 4 is 6.72 Å². The third kappa shape index (κ3) is 1.87. The molecular formula is C3H11N4O+. The zero-order chi connectivity index (χ0) is 6.78. The summed E-state index contributed by atoms with van der Waals surface area (Å²) >= 11 is 0. The smallest absolute Gasteiger partial charge is 0.145 e. The Labute approximate surface area is 48.1 Å². The molecule has 0 bridgehead atoms. The van der Waals surface area contributed by atoms with Crippen LogP contribution in [0.5, 0.6) is 0 Å². The molecule has 0 saturated carbocycles. The third-order valence-corrected chi connectivity index (χ3v) is 0.791. The predicted molar refractivity (Wildman–Crippen MR) is 29.5 cm³/mol. The number of quaternary nitrogens is 1. The summed E-state index contributed by atoms with van der Waals surface area (Å²) in [6.45, 7) is 3.15. The molecule has 3 N–H and O–H groups in total. The summed E-state index contributed by atoms with van der Waals surface area (Å²) in [4.78, 5) is -0.816. The first-order valence-corrected chi connectivity index (χ1v) is 2.07. The molecule has 0 radical (unpaired) electrons. The molecule has 0 aromatic rings. The lowest BCUT2D eigenvalue weighted by Gasteiger charge is -2.23. The van der Waals surface area contributed by atoms with Gasteiger partial charge in [-0.2, -0.15) is 5.21 Å². The summed E-state index contributed by atoms with van der Waals surface area (Å²) in [6, 6.07) is 0. The van der Waals surface area contributed by atoms with Gasteiger partial charge in [0.15, 0.2) is 0 Å². The van der Waals surface area contributed by atoms with Crippen LogP contribution in [0.15, 0.2) is 5.10 Å². The second kappa shape index (κ2) is 2.08. The van der Waals surface area contributed by atoms with Gasteiger partial charge < -0.3 is 0 Å². The quantitative estimate of drug-likeness (QED) is 0.215. The summed E-state index contributed by atoms with van der Waals surface area (Å²) in [7, 11) is 2.86. The highest BCUT2D eigenvalue weighted by Gasteiger charge is 2.16. The van der Waals surface area contributed by atoms with Crippen LogP contribution in [0.1, 0.15) is 0 Å². The number of nitrogens with two attached hydrogens (primary N) is 1. The van der Waals surface area contributed by atoms with Gasteiger partial charge in [-0.1, -0.05) is 5.12 Å². The Morgan fingerprint density at radius 1 is 1.88 bits per heavy atom. The van der Waals surface area contributed by atoms with Crippen molar-refractivity contribution in [3.63, 3.8) is 0 Å². The molecule has 0 saturated heterocycles. The molecule has 48 valence electrons. The molecule has 0 heterocycles. The highest BCUT2D eigenvalue weighted by molar-refractivity contribution is 5.21. The van der Waals surface area contributed by atoms with E-state index in [1.54, 1.807) is 0 Å². The number of hydrogen-bond donors (Lipinski definition) is 2. The zero-order valence-corrected chi connectivity index (χ0v) is 5.07. The lowest BCUT2D eigenvalue weighted by atomic mass is 11.2. The Hall–Kier alpha value is -0.650. The fraction of sp³-hybridized carbons (Fsp3) is 0.667. The number of nitrogens with zero attached hydrogens (tertiary/aromatic N) is 3. The van der Waals surface area contributed by atoms with Crippen LogP contribution in [0.4, 0.5) is 0 Å². The summed E-state index contributed by atoms with van der Waals surface area (Å²) in [5.74, 6) is 5.07. The van der Waals surface area contributed by atoms with Crippen molar-refractivity contribution in [2.45, 2.75) is 0 Å². The van der Waals surface area contributed by atoms with Crippen LogP contribution in [0.3, 0.4) is 0 Å². The first-order chi connectivity index (χ1) is 3.48. The molecule has 0 aromatic carbocycles. The average Bonchev–Trinajstić information content (AvgIpc) is 1.62. The van der Waals surface area contributed by atoms with Crippen LogP contribution in [0, 0.1) is 0 Å². The van der Waals surface area contributed by atoms with Gasteiger partial charge in [0.05, 0.1) is 7.05 Å².